The first kappa shape index (κ1) is 17.2. The lowest BCUT2D eigenvalue weighted by Crippen LogP contribution is -2.30. The van der Waals surface area contributed by atoms with Gasteiger partial charge < -0.3 is 15.0 Å². The average Bonchev–Trinajstić information content (AvgIpc) is 3.02. The number of ether oxygens (including phenoxy) is 1. The van der Waals surface area contributed by atoms with Crippen LogP contribution in [0.4, 0.5) is 0 Å². The van der Waals surface area contributed by atoms with Crippen molar-refractivity contribution in [2.75, 3.05) is 13.2 Å². The number of aromatic amines is 1. The van der Waals surface area contributed by atoms with Gasteiger partial charge in [-0.15, -0.1) is 0 Å². The summed E-state index contributed by atoms with van der Waals surface area (Å²) in [6, 6.07) is 13.4. The second-order valence-electron chi connectivity index (χ2n) is 7.43. The van der Waals surface area contributed by atoms with Crippen LogP contribution in [-0.2, 0) is 6.42 Å². The van der Waals surface area contributed by atoms with Gasteiger partial charge in [-0.2, -0.15) is 0 Å². The summed E-state index contributed by atoms with van der Waals surface area (Å²) < 4.78 is 5.81. The number of H-pyrrole nitrogens is 1. The molecule has 0 spiro atoms. The van der Waals surface area contributed by atoms with Crippen LogP contribution in [0.25, 0.3) is 10.9 Å². The molecule has 0 aliphatic carbocycles. The molecule has 0 fully saturated rings. The molecule has 0 saturated carbocycles. The van der Waals surface area contributed by atoms with E-state index in [4.69, 9.17) is 4.74 Å². The SMILES string of the molecule is CCCCOc1ccc(C2NCCc3c2[nH]c2c(C)cc(C)cc32)cc1. The van der Waals surface area contributed by atoms with E-state index in [0.717, 1.165) is 38.2 Å². The Labute approximate surface area is 155 Å². The van der Waals surface area contributed by atoms with Gasteiger partial charge in [0.05, 0.1) is 12.6 Å². The number of benzene rings is 2. The number of aromatic nitrogens is 1. The first-order valence-corrected chi connectivity index (χ1v) is 9.75. The summed E-state index contributed by atoms with van der Waals surface area (Å²) in [4.78, 5) is 3.72. The molecule has 4 rings (SSSR count). The van der Waals surface area contributed by atoms with Gasteiger partial charge in [0, 0.05) is 23.1 Å². The van der Waals surface area contributed by atoms with Crippen LogP contribution in [0, 0.1) is 13.8 Å². The lowest BCUT2D eigenvalue weighted by molar-refractivity contribution is 0.309. The molecule has 0 bridgehead atoms. The summed E-state index contributed by atoms with van der Waals surface area (Å²) >= 11 is 0. The highest BCUT2D eigenvalue weighted by Gasteiger charge is 2.25. The summed E-state index contributed by atoms with van der Waals surface area (Å²) in [7, 11) is 0. The number of aryl methyl sites for hydroxylation is 2. The number of fused-ring (bicyclic) bond motifs is 3. The third-order valence-electron chi connectivity index (χ3n) is 5.38. The van der Waals surface area contributed by atoms with Crippen LogP contribution < -0.4 is 10.1 Å². The molecule has 1 atom stereocenters. The van der Waals surface area contributed by atoms with Crippen LogP contribution in [0.1, 0.15) is 53.8 Å². The van der Waals surface area contributed by atoms with Gasteiger partial charge in [0.25, 0.3) is 0 Å². The molecule has 1 aliphatic heterocycles. The molecule has 0 saturated heterocycles. The monoisotopic (exact) mass is 348 g/mol. The van der Waals surface area contributed by atoms with Crippen molar-refractivity contribution in [1.82, 2.24) is 10.3 Å². The van der Waals surface area contributed by atoms with E-state index in [-0.39, 0.29) is 6.04 Å². The van der Waals surface area contributed by atoms with Crippen LogP contribution >= 0.6 is 0 Å². The minimum atomic E-state index is 0.218. The predicted octanol–water partition coefficient (Wildman–Crippen LogP) is 5.20. The van der Waals surface area contributed by atoms with Crippen LogP contribution in [0.5, 0.6) is 5.75 Å². The molecular weight excluding hydrogens is 320 g/mol. The molecule has 1 aromatic heterocycles. The fourth-order valence-corrected chi connectivity index (χ4v) is 4.06. The van der Waals surface area contributed by atoms with E-state index in [1.165, 1.54) is 38.9 Å². The molecule has 2 aromatic carbocycles. The zero-order chi connectivity index (χ0) is 18.1. The third kappa shape index (κ3) is 3.12. The first-order chi connectivity index (χ1) is 12.7. The van der Waals surface area contributed by atoms with Crippen LogP contribution in [-0.4, -0.2) is 18.1 Å². The van der Waals surface area contributed by atoms with Crippen molar-refractivity contribution in [1.29, 1.82) is 0 Å². The molecule has 2 heterocycles. The highest BCUT2D eigenvalue weighted by atomic mass is 16.5. The normalized spacial score (nSPS) is 16.7. The topological polar surface area (TPSA) is 37.0 Å². The van der Waals surface area contributed by atoms with Gasteiger partial charge in [-0.3, -0.25) is 0 Å². The summed E-state index contributed by atoms with van der Waals surface area (Å²) in [5.74, 6) is 0.960. The predicted molar refractivity (Wildman–Crippen MR) is 108 cm³/mol. The lowest BCUT2D eigenvalue weighted by atomic mass is 9.93. The van der Waals surface area contributed by atoms with E-state index in [1.54, 1.807) is 0 Å². The molecule has 3 aromatic rings. The minimum absolute atomic E-state index is 0.218. The molecule has 0 radical (unpaired) electrons. The van der Waals surface area contributed by atoms with Crippen molar-refractivity contribution in [2.45, 2.75) is 46.1 Å². The Balaban J connectivity index is 1.66. The second-order valence-corrected chi connectivity index (χ2v) is 7.43. The smallest absolute Gasteiger partial charge is 0.119 e. The zero-order valence-corrected chi connectivity index (χ0v) is 16.0. The standard InChI is InChI=1S/C23H28N2O/c1-4-5-12-26-18-8-6-17(7-9-18)22-23-19(10-11-24-22)20-14-15(2)13-16(3)21(20)25-23/h6-9,13-14,22,24-25H,4-5,10-12H2,1-3H3. The van der Waals surface area contributed by atoms with Crippen LogP contribution in [0.3, 0.4) is 0 Å². The zero-order valence-electron chi connectivity index (χ0n) is 16.0. The fourth-order valence-electron chi connectivity index (χ4n) is 4.06. The molecule has 0 amide bonds. The summed E-state index contributed by atoms with van der Waals surface area (Å²) in [5.41, 5.74) is 8.02. The maximum absolute atomic E-state index is 5.81. The minimum Gasteiger partial charge on any atom is -0.494 e. The Bertz CT molecular complexity index is 908. The fraction of sp³-hybridized carbons (Fsp3) is 0.391. The van der Waals surface area contributed by atoms with Gasteiger partial charge in [-0.05, 0) is 61.6 Å². The van der Waals surface area contributed by atoms with Gasteiger partial charge in [0.15, 0.2) is 0 Å². The van der Waals surface area contributed by atoms with Crippen molar-refractivity contribution in [3.8, 4) is 5.75 Å². The Morgan fingerprint density at radius 3 is 2.69 bits per heavy atom. The Morgan fingerprint density at radius 1 is 1.12 bits per heavy atom. The largest absolute Gasteiger partial charge is 0.494 e. The van der Waals surface area contributed by atoms with Crippen molar-refractivity contribution in [2.24, 2.45) is 0 Å². The second kappa shape index (κ2) is 7.16. The van der Waals surface area contributed by atoms with Gasteiger partial charge in [-0.1, -0.05) is 37.1 Å². The van der Waals surface area contributed by atoms with Crippen LogP contribution in [0.2, 0.25) is 0 Å². The van der Waals surface area contributed by atoms with Gasteiger partial charge >= 0.3 is 0 Å². The quantitative estimate of drug-likeness (QED) is 0.622. The van der Waals surface area contributed by atoms with Crippen LogP contribution in [0.15, 0.2) is 36.4 Å². The number of nitrogens with one attached hydrogen (secondary N) is 2. The first-order valence-electron chi connectivity index (χ1n) is 9.75. The summed E-state index contributed by atoms with van der Waals surface area (Å²) in [6.45, 7) is 8.36. The molecule has 26 heavy (non-hydrogen) atoms. The van der Waals surface area contributed by atoms with E-state index in [9.17, 15) is 0 Å². The highest BCUT2D eigenvalue weighted by Crippen LogP contribution is 2.35. The Morgan fingerprint density at radius 2 is 1.92 bits per heavy atom. The molecule has 3 nitrogen and oxygen atoms in total. The molecule has 3 heteroatoms. The highest BCUT2D eigenvalue weighted by molar-refractivity contribution is 5.88. The molecule has 136 valence electrons. The average molecular weight is 348 g/mol. The Hall–Kier alpha value is -2.26. The molecular formula is C23H28N2O. The molecule has 2 N–H and O–H groups in total. The van der Waals surface area contributed by atoms with Gasteiger partial charge in [0.2, 0.25) is 0 Å². The maximum atomic E-state index is 5.81. The number of hydrogen-bond donors (Lipinski definition) is 2. The van der Waals surface area contributed by atoms with Gasteiger partial charge in [0.1, 0.15) is 5.75 Å². The summed E-state index contributed by atoms with van der Waals surface area (Å²) in [5, 5.41) is 5.08. The summed E-state index contributed by atoms with van der Waals surface area (Å²) in [6.07, 6.45) is 3.34. The van der Waals surface area contributed by atoms with Crippen molar-refractivity contribution in [3.05, 3.63) is 64.3 Å². The third-order valence-corrected chi connectivity index (χ3v) is 5.38. The van der Waals surface area contributed by atoms with Crippen molar-refractivity contribution < 1.29 is 4.74 Å². The molecule has 1 aliphatic rings. The number of hydrogen-bond acceptors (Lipinski definition) is 2. The number of rotatable bonds is 5. The van der Waals surface area contributed by atoms with Gasteiger partial charge in [-0.25, -0.2) is 0 Å². The van der Waals surface area contributed by atoms with E-state index >= 15 is 0 Å². The Kier molecular flexibility index (Phi) is 4.73. The van der Waals surface area contributed by atoms with E-state index in [2.05, 4.69) is 67.5 Å². The van der Waals surface area contributed by atoms with Crippen molar-refractivity contribution >= 4 is 10.9 Å². The van der Waals surface area contributed by atoms with Crippen molar-refractivity contribution in [3.63, 3.8) is 0 Å². The molecule has 1 unspecified atom stereocenters. The number of unbranched alkanes of at least 4 members (excludes halogenated alkanes) is 1. The van der Waals surface area contributed by atoms with E-state index in [1.807, 2.05) is 0 Å². The lowest BCUT2D eigenvalue weighted by Gasteiger charge is -2.25. The van der Waals surface area contributed by atoms with E-state index < -0.39 is 0 Å². The maximum Gasteiger partial charge on any atom is 0.119 e. The van der Waals surface area contributed by atoms with E-state index in [0.29, 0.717) is 0 Å².